The Kier molecular flexibility index (Phi) is 3.67. The first-order valence-corrected chi connectivity index (χ1v) is 6.17. The molecule has 0 radical (unpaired) electrons. The second-order valence-corrected chi connectivity index (χ2v) is 4.73. The smallest absolute Gasteiger partial charge is 0.165 e. The van der Waals surface area contributed by atoms with Crippen molar-refractivity contribution in [3.8, 4) is 5.75 Å². The molecule has 1 fully saturated rings. The van der Waals surface area contributed by atoms with Crippen molar-refractivity contribution in [1.82, 2.24) is 0 Å². The van der Waals surface area contributed by atoms with Crippen molar-refractivity contribution in [2.75, 3.05) is 12.8 Å². The minimum atomic E-state index is 0.164. The van der Waals surface area contributed by atoms with Gasteiger partial charge in [0, 0.05) is 23.7 Å². The number of carbonyl (C=O) groups excluding carboxylic acids is 1. The second-order valence-electron chi connectivity index (χ2n) is 4.73. The van der Waals surface area contributed by atoms with Crippen molar-refractivity contribution in [2.45, 2.75) is 32.1 Å². The molecule has 0 amide bonds. The zero-order valence-corrected chi connectivity index (χ0v) is 10.2. The van der Waals surface area contributed by atoms with E-state index in [4.69, 9.17) is 10.5 Å². The Bertz CT molecular complexity index is 409. The van der Waals surface area contributed by atoms with Crippen LogP contribution in [0.5, 0.6) is 5.75 Å². The van der Waals surface area contributed by atoms with Crippen molar-refractivity contribution < 1.29 is 9.53 Å². The number of hydrogen-bond donors (Lipinski definition) is 1. The predicted molar refractivity (Wildman–Crippen MR) is 68.3 cm³/mol. The van der Waals surface area contributed by atoms with Crippen molar-refractivity contribution in [1.29, 1.82) is 0 Å². The number of hydrogen-bond acceptors (Lipinski definition) is 3. The minimum absolute atomic E-state index is 0.164. The molecule has 92 valence electrons. The van der Waals surface area contributed by atoms with E-state index in [-0.39, 0.29) is 5.78 Å². The molecule has 1 aromatic rings. The number of carbonyl (C=O) groups is 1. The van der Waals surface area contributed by atoms with Gasteiger partial charge in [-0.2, -0.15) is 0 Å². The fraction of sp³-hybridized carbons (Fsp3) is 0.500. The number of nitrogens with two attached hydrogens (primary N) is 1. The minimum Gasteiger partial charge on any atom is -0.497 e. The molecule has 1 aliphatic rings. The Labute approximate surface area is 102 Å². The number of rotatable bonds is 4. The average Bonchev–Trinajstić information content (AvgIpc) is 2.81. The molecule has 0 aromatic heterocycles. The molecule has 1 saturated carbocycles. The molecule has 2 rings (SSSR count). The van der Waals surface area contributed by atoms with Gasteiger partial charge in [-0.15, -0.1) is 0 Å². The summed E-state index contributed by atoms with van der Waals surface area (Å²) in [6.45, 7) is 0. The highest BCUT2D eigenvalue weighted by atomic mass is 16.5. The zero-order chi connectivity index (χ0) is 12.3. The van der Waals surface area contributed by atoms with E-state index >= 15 is 0 Å². The van der Waals surface area contributed by atoms with E-state index in [0.29, 0.717) is 29.3 Å². The second kappa shape index (κ2) is 5.21. The van der Waals surface area contributed by atoms with Gasteiger partial charge in [0.1, 0.15) is 5.75 Å². The third-order valence-electron chi connectivity index (χ3n) is 3.51. The van der Waals surface area contributed by atoms with Gasteiger partial charge in [-0.25, -0.2) is 0 Å². The van der Waals surface area contributed by atoms with Gasteiger partial charge in [-0.05, 0) is 18.1 Å². The van der Waals surface area contributed by atoms with Crippen molar-refractivity contribution in [3.05, 3.63) is 23.8 Å². The molecule has 0 atom stereocenters. The molecule has 0 bridgehead atoms. The summed E-state index contributed by atoms with van der Waals surface area (Å²) in [5, 5.41) is 0. The molecule has 0 saturated heterocycles. The summed E-state index contributed by atoms with van der Waals surface area (Å²) in [5.74, 6) is 1.42. The van der Waals surface area contributed by atoms with Gasteiger partial charge < -0.3 is 10.5 Å². The van der Waals surface area contributed by atoms with Crippen LogP contribution in [0.25, 0.3) is 0 Å². The quantitative estimate of drug-likeness (QED) is 0.642. The van der Waals surface area contributed by atoms with Crippen molar-refractivity contribution in [3.63, 3.8) is 0 Å². The standard InChI is InChI=1S/C14H19NO2/c1-17-11-6-7-12(13(15)9-11)14(16)8-10-4-2-3-5-10/h6-7,9-10H,2-5,8,15H2,1H3. The summed E-state index contributed by atoms with van der Waals surface area (Å²) in [7, 11) is 1.59. The number of anilines is 1. The first-order chi connectivity index (χ1) is 8.20. The topological polar surface area (TPSA) is 52.3 Å². The molecular formula is C14H19NO2. The summed E-state index contributed by atoms with van der Waals surface area (Å²) < 4.78 is 5.07. The number of ether oxygens (including phenoxy) is 1. The third kappa shape index (κ3) is 2.78. The molecule has 1 aromatic carbocycles. The molecule has 17 heavy (non-hydrogen) atoms. The van der Waals surface area contributed by atoms with Crippen LogP contribution in [0.1, 0.15) is 42.5 Å². The summed E-state index contributed by atoms with van der Waals surface area (Å²) in [6, 6.07) is 5.27. The third-order valence-corrected chi connectivity index (χ3v) is 3.51. The number of nitrogen functional groups attached to an aromatic ring is 1. The maximum atomic E-state index is 12.1. The van der Waals surface area contributed by atoms with Crippen LogP contribution in [0.4, 0.5) is 5.69 Å². The van der Waals surface area contributed by atoms with Gasteiger partial charge >= 0.3 is 0 Å². The largest absolute Gasteiger partial charge is 0.497 e. The van der Waals surface area contributed by atoms with Crippen LogP contribution >= 0.6 is 0 Å². The maximum Gasteiger partial charge on any atom is 0.165 e. The Hall–Kier alpha value is -1.51. The van der Waals surface area contributed by atoms with Gasteiger partial charge in [0.2, 0.25) is 0 Å². The Morgan fingerprint density at radius 1 is 1.41 bits per heavy atom. The van der Waals surface area contributed by atoms with Crippen LogP contribution in [-0.4, -0.2) is 12.9 Å². The highest BCUT2D eigenvalue weighted by Gasteiger charge is 2.20. The van der Waals surface area contributed by atoms with E-state index in [2.05, 4.69) is 0 Å². The molecular weight excluding hydrogens is 214 g/mol. The number of ketones is 1. The zero-order valence-electron chi connectivity index (χ0n) is 10.2. The van der Waals surface area contributed by atoms with E-state index in [9.17, 15) is 4.79 Å². The fourth-order valence-electron chi connectivity index (χ4n) is 2.51. The van der Waals surface area contributed by atoms with Crippen molar-refractivity contribution >= 4 is 11.5 Å². The van der Waals surface area contributed by atoms with Crippen molar-refractivity contribution in [2.24, 2.45) is 5.92 Å². The predicted octanol–water partition coefficient (Wildman–Crippen LogP) is 3.04. The number of Topliss-reactive ketones (excluding diaryl/α,β-unsaturated/α-hetero) is 1. The molecule has 0 heterocycles. The van der Waals surface area contributed by atoms with Crippen LogP contribution in [0.2, 0.25) is 0 Å². The lowest BCUT2D eigenvalue weighted by Gasteiger charge is -2.10. The molecule has 3 heteroatoms. The lowest BCUT2D eigenvalue weighted by molar-refractivity contribution is 0.0963. The fourth-order valence-corrected chi connectivity index (χ4v) is 2.51. The van der Waals surface area contributed by atoms with E-state index in [0.717, 1.165) is 0 Å². The molecule has 0 spiro atoms. The lowest BCUT2D eigenvalue weighted by atomic mass is 9.96. The van der Waals surface area contributed by atoms with E-state index < -0.39 is 0 Å². The van der Waals surface area contributed by atoms with Crippen LogP contribution in [0, 0.1) is 5.92 Å². The lowest BCUT2D eigenvalue weighted by Crippen LogP contribution is -2.08. The monoisotopic (exact) mass is 233 g/mol. The Balaban J connectivity index is 2.07. The first kappa shape index (κ1) is 12.0. The van der Waals surface area contributed by atoms with Crippen LogP contribution < -0.4 is 10.5 Å². The summed E-state index contributed by atoms with van der Waals surface area (Å²) in [4.78, 5) is 12.1. The van der Waals surface area contributed by atoms with Crippen LogP contribution in [-0.2, 0) is 0 Å². The first-order valence-electron chi connectivity index (χ1n) is 6.17. The maximum absolute atomic E-state index is 12.1. The molecule has 0 aliphatic heterocycles. The van der Waals surface area contributed by atoms with Crippen LogP contribution in [0.3, 0.4) is 0 Å². The normalized spacial score (nSPS) is 16.1. The van der Waals surface area contributed by atoms with E-state index in [1.807, 2.05) is 0 Å². The van der Waals surface area contributed by atoms with Gasteiger partial charge in [-0.1, -0.05) is 25.7 Å². The summed E-state index contributed by atoms with van der Waals surface area (Å²) in [6.07, 6.45) is 5.52. The number of methoxy groups -OCH3 is 1. The number of benzene rings is 1. The molecule has 2 N–H and O–H groups in total. The molecule has 3 nitrogen and oxygen atoms in total. The summed E-state index contributed by atoms with van der Waals surface area (Å²) in [5.41, 5.74) is 7.03. The Morgan fingerprint density at radius 2 is 2.12 bits per heavy atom. The molecule has 0 unspecified atom stereocenters. The highest BCUT2D eigenvalue weighted by molar-refractivity contribution is 6.01. The SMILES string of the molecule is COc1ccc(C(=O)CC2CCCC2)c(N)c1. The van der Waals surface area contributed by atoms with Gasteiger partial charge in [0.05, 0.1) is 7.11 Å². The van der Waals surface area contributed by atoms with Crippen LogP contribution in [0.15, 0.2) is 18.2 Å². The Morgan fingerprint density at radius 3 is 2.71 bits per heavy atom. The summed E-state index contributed by atoms with van der Waals surface area (Å²) >= 11 is 0. The van der Waals surface area contributed by atoms with E-state index in [1.165, 1.54) is 25.7 Å². The molecule has 1 aliphatic carbocycles. The average molecular weight is 233 g/mol. The van der Waals surface area contributed by atoms with Gasteiger partial charge in [0.15, 0.2) is 5.78 Å². The van der Waals surface area contributed by atoms with E-state index in [1.54, 1.807) is 25.3 Å². The van der Waals surface area contributed by atoms with Gasteiger partial charge in [0.25, 0.3) is 0 Å². The van der Waals surface area contributed by atoms with Gasteiger partial charge in [-0.3, -0.25) is 4.79 Å². The highest BCUT2D eigenvalue weighted by Crippen LogP contribution is 2.30.